The fourth-order valence-electron chi connectivity index (χ4n) is 2.06. The summed E-state index contributed by atoms with van der Waals surface area (Å²) in [6.45, 7) is 6.09. The highest BCUT2D eigenvalue weighted by Crippen LogP contribution is 2.26. The number of aliphatic imine (C=N–C) groups is 1. The third kappa shape index (κ3) is 6.21. The minimum Gasteiger partial charge on any atom is -0.387 e. The Morgan fingerprint density at radius 2 is 2.27 bits per heavy atom. The molecule has 1 unspecified atom stereocenters. The van der Waals surface area contributed by atoms with E-state index in [-0.39, 0.29) is 24.0 Å². The number of thiazole rings is 1. The van der Waals surface area contributed by atoms with E-state index in [0.29, 0.717) is 13.1 Å². The van der Waals surface area contributed by atoms with Crippen LogP contribution in [0, 0.1) is 0 Å². The van der Waals surface area contributed by atoms with Gasteiger partial charge in [0.05, 0.1) is 12.1 Å². The van der Waals surface area contributed by atoms with Crippen LogP contribution in [0.15, 0.2) is 11.2 Å². The van der Waals surface area contributed by atoms with Crippen LogP contribution in [0.25, 0.3) is 0 Å². The van der Waals surface area contributed by atoms with E-state index in [4.69, 9.17) is 0 Å². The Morgan fingerprint density at radius 1 is 1.45 bits per heavy atom. The molecule has 3 N–H and O–H groups in total. The van der Waals surface area contributed by atoms with Crippen LogP contribution in [-0.2, 0) is 13.0 Å². The van der Waals surface area contributed by atoms with Crippen molar-refractivity contribution in [2.75, 3.05) is 24.6 Å². The van der Waals surface area contributed by atoms with Gasteiger partial charge in [0.15, 0.2) is 5.96 Å². The molecule has 126 valence electrons. The molecule has 1 aliphatic rings. The first kappa shape index (κ1) is 20.0. The van der Waals surface area contributed by atoms with E-state index >= 15 is 0 Å². The van der Waals surface area contributed by atoms with Crippen LogP contribution in [0.5, 0.6) is 0 Å². The SMILES string of the molecule is CCNC(=NCc1ncc(CC)s1)NCC1(O)CCSC1.I. The summed E-state index contributed by atoms with van der Waals surface area (Å²) in [4.78, 5) is 10.2. The predicted octanol–water partition coefficient (Wildman–Crippen LogP) is 2.25. The standard InChI is InChI=1S/C14H24N4OS2.HI/c1-3-11-7-16-12(21-11)8-17-13(15-4-2)18-9-14(19)5-6-20-10-14;/h7,19H,3-6,8-10H2,1-2H3,(H2,15,17,18);1H. The third-order valence-corrected chi connectivity index (χ3v) is 5.69. The van der Waals surface area contributed by atoms with Gasteiger partial charge in [-0.1, -0.05) is 6.92 Å². The molecule has 2 heterocycles. The molecular formula is C14H25IN4OS2. The Labute approximate surface area is 157 Å². The summed E-state index contributed by atoms with van der Waals surface area (Å²) in [5.74, 6) is 2.58. The number of nitrogens with one attached hydrogen (secondary N) is 2. The number of nitrogens with zero attached hydrogens (tertiary/aromatic N) is 2. The maximum atomic E-state index is 10.4. The second-order valence-corrected chi connectivity index (χ2v) is 7.45. The molecule has 1 atom stereocenters. The van der Waals surface area contributed by atoms with Gasteiger partial charge in [0.1, 0.15) is 5.01 Å². The Balaban J connectivity index is 0.00000242. The van der Waals surface area contributed by atoms with Gasteiger partial charge in [-0.05, 0) is 25.5 Å². The number of aromatic nitrogens is 1. The van der Waals surface area contributed by atoms with E-state index in [2.05, 4.69) is 27.5 Å². The van der Waals surface area contributed by atoms with Gasteiger partial charge >= 0.3 is 0 Å². The molecule has 2 rings (SSSR count). The maximum absolute atomic E-state index is 10.4. The van der Waals surface area contributed by atoms with Crippen LogP contribution < -0.4 is 10.6 Å². The van der Waals surface area contributed by atoms with Crippen molar-refractivity contribution in [3.05, 3.63) is 16.1 Å². The molecule has 1 aliphatic heterocycles. The van der Waals surface area contributed by atoms with Gasteiger partial charge in [-0.2, -0.15) is 11.8 Å². The quantitative estimate of drug-likeness (QED) is 0.348. The van der Waals surface area contributed by atoms with Crippen LogP contribution in [-0.4, -0.2) is 46.2 Å². The second kappa shape index (κ2) is 9.94. The summed E-state index contributed by atoms with van der Waals surface area (Å²) in [5, 5.41) is 17.8. The van der Waals surface area contributed by atoms with Crippen molar-refractivity contribution in [1.29, 1.82) is 0 Å². The number of hydrogen-bond acceptors (Lipinski definition) is 5. The van der Waals surface area contributed by atoms with Gasteiger partial charge in [-0.25, -0.2) is 9.98 Å². The van der Waals surface area contributed by atoms with Gasteiger partial charge in [-0.15, -0.1) is 35.3 Å². The van der Waals surface area contributed by atoms with Crippen LogP contribution in [0.2, 0.25) is 0 Å². The highest BCUT2D eigenvalue weighted by atomic mass is 127. The first-order chi connectivity index (χ1) is 10.1. The molecule has 1 saturated heterocycles. The zero-order chi connectivity index (χ0) is 15.1. The molecular weight excluding hydrogens is 431 g/mol. The second-order valence-electron chi connectivity index (χ2n) is 5.15. The summed E-state index contributed by atoms with van der Waals surface area (Å²) in [5.41, 5.74) is -0.600. The Hall–Kier alpha value is -0.0600. The summed E-state index contributed by atoms with van der Waals surface area (Å²) >= 11 is 3.51. The zero-order valence-electron chi connectivity index (χ0n) is 13.1. The number of rotatable bonds is 6. The van der Waals surface area contributed by atoms with Crippen LogP contribution in [0.1, 0.15) is 30.2 Å². The Kier molecular flexibility index (Phi) is 9.03. The molecule has 0 aliphatic carbocycles. The summed E-state index contributed by atoms with van der Waals surface area (Å²) < 4.78 is 0. The molecule has 1 aromatic heterocycles. The fourth-order valence-corrected chi connectivity index (χ4v) is 4.14. The van der Waals surface area contributed by atoms with Gasteiger partial charge in [0, 0.05) is 29.9 Å². The summed E-state index contributed by atoms with van der Waals surface area (Å²) in [7, 11) is 0. The molecule has 0 amide bonds. The summed E-state index contributed by atoms with van der Waals surface area (Å²) in [6.07, 6.45) is 3.79. The minimum atomic E-state index is -0.600. The smallest absolute Gasteiger partial charge is 0.191 e. The molecule has 1 fully saturated rings. The number of thioether (sulfide) groups is 1. The molecule has 5 nitrogen and oxygen atoms in total. The first-order valence-corrected chi connectivity index (χ1v) is 9.38. The van der Waals surface area contributed by atoms with Gasteiger partial charge in [0.2, 0.25) is 0 Å². The molecule has 8 heteroatoms. The highest BCUT2D eigenvalue weighted by Gasteiger charge is 2.31. The van der Waals surface area contributed by atoms with Crippen molar-refractivity contribution in [1.82, 2.24) is 15.6 Å². The Bertz CT molecular complexity index is 475. The van der Waals surface area contributed by atoms with E-state index in [1.54, 1.807) is 23.1 Å². The molecule has 22 heavy (non-hydrogen) atoms. The molecule has 0 radical (unpaired) electrons. The van der Waals surface area contributed by atoms with Crippen molar-refractivity contribution < 1.29 is 5.11 Å². The zero-order valence-corrected chi connectivity index (χ0v) is 17.1. The third-order valence-electron chi connectivity index (χ3n) is 3.33. The average Bonchev–Trinajstić information content (AvgIpc) is 3.11. The number of guanidine groups is 1. The van der Waals surface area contributed by atoms with Crippen LogP contribution >= 0.6 is 47.1 Å². The van der Waals surface area contributed by atoms with E-state index in [9.17, 15) is 5.11 Å². The fraction of sp³-hybridized carbons (Fsp3) is 0.714. The van der Waals surface area contributed by atoms with Crippen molar-refractivity contribution in [3.8, 4) is 0 Å². The first-order valence-electron chi connectivity index (χ1n) is 7.41. The number of halogens is 1. The van der Waals surface area contributed by atoms with Gasteiger partial charge in [0.25, 0.3) is 0 Å². The lowest BCUT2D eigenvalue weighted by Gasteiger charge is -2.23. The van der Waals surface area contributed by atoms with Crippen molar-refractivity contribution in [2.45, 2.75) is 38.8 Å². The predicted molar refractivity (Wildman–Crippen MR) is 107 cm³/mol. The topological polar surface area (TPSA) is 69.5 Å². The lowest BCUT2D eigenvalue weighted by Crippen LogP contribution is -2.47. The molecule has 1 aromatic rings. The van der Waals surface area contributed by atoms with Crippen molar-refractivity contribution in [3.63, 3.8) is 0 Å². The molecule has 0 aromatic carbocycles. The van der Waals surface area contributed by atoms with Crippen LogP contribution in [0.3, 0.4) is 0 Å². The number of aliphatic hydroxyl groups is 1. The normalized spacial score (nSPS) is 21.5. The lowest BCUT2D eigenvalue weighted by atomic mass is 10.0. The van der Waals surface area contributed by atoms with Crippen molar-refractivity contribution >= 4 is 53.0 Å². The average molecular weight is 456 g/mol. The largest absolute Gasteiger partial charge is 0.387 e. The molecule has 0 saturated carbocycles. The number of hydrogen-bond donors (Lipinski definition) is 3. The number of aryl methyl sites for hydroxylation is 1. The van der Waals surface area contributed by atoms with Gasteiger partial charge < -0.3 is 15.7 Å². The van der Waals surface area contributed by atoms with Gasteiger partial charge in [-0.3, -0.25) is 0 Å². The monoisotopic (exact) mass is 456 g/mol. The van der Waals surface area contributed by atoms with E-state index in [0.717, 1.165) is 41.9 Å². The highest BCUT2D eigenvalue weighted by molar-refractivity contribution is 14.0. The lowest BCUT2D eigenvalue weighted by molar-refractivity contribution is 0.0724. The minimum absolute atomic E-state index is 0. The molecule has 0 bridgehead atoms. The van der Waals surface area contributed by atoms with E-state index < -0.39 is 5.60 Å². The maximum Gasteiger partial charge on any atom is 0.191 e. The van der Waals surface area contributed by atoms with Crippen LogP contribution in [0.4, 0.5) is 0 Å². The summed E-state index contributed by atoms with van der Waals surface area (Å²) in [6, 6.07) is 0. The van der Waals surface area contributed by atoms with E-state index in [1.165, 1.54) is 4.88 Å². The molecule has 0 spiro atoms. The Morgan fingerprint density at radius 3 is 2.86 bits per heavy atom. The van der Waals surface area contributed by atoms with E-state index in [1.807, 2.05) is 13.1 Å². The van der Waals surface area contributed by atoms with Crippen molar-refractivity contribution in [2.24, 2.45) is 4.99 Å².